The van der Waals surface area contributed by atoms with Crippen LogP contribution in [-0.4, -0.2) is 26.8 Å². The quantitative estimate of drug-likeness (QED) is 0.838. The Balaban J connectivity index is 1.99. The van der Waals surface area contributed by atoms with E-state index in [2.05, 4.69) is 26.4 Å². The predicted molar refractivity (Wildman–Crippen MR) is 69.1 cm³/mol. The third-order valence-electron chi connectivity index (χ3n) is 2.29. The number of hydrogen-bond donors (Lipinski definition) is 1. The van der Waals surface area contributed by atoms with Gasteiger partial charge in [-0.25, -0.2) is 4.98 Å². The Labute approximate surface area is 105 Å². The van der Waals surface area contributed by atoms with Gasteiger partial charge in [-0.15, -0.1) is 11.8 Å². The molecule has 0 aliphatic heterocycles. The Morgan fingerprint density at radius 2 is 2.18 bits per heavy atom. The van der Waals surface area contributed by atoms with Gasteiger partial charge < -0.3 is 5.32 Å². The highest BCUT2D eigenvalue weighted by molar-refractivity contribution is 7.98. The molecular formula is C11H15N5S. The normalized spacial score (nSPS) is 10.5. The van der Waals surface area contributed by atoms with Gasteiger partial charge in [0.2, 0.25) is 0 Å². The molecule has 0 unspecified atom stereocenters. The molecule has 2 aromatic heterocycles. The number of nitrogens with one attached hydrogen (secondary N) is 1. The fraction of sp³-hybridized carbons (Fsp3) is 0.364. The van der Waals surface area contributed by atoms with Crippen molar-refractivity contribution in [2.45, 2.75) is 17.7 Å². The fourth-order valence-corrected chi connectivity index (χ4v) is 2.35. The summed E-state index contributed by atoms with van der Waals surface area (Å²) >= 11 is 1.71. The van der Waals surface area contributed by atoms with E-state index < -0.39 is 0 Å². The molecule has 0 aliphatic rings. The minimum absolute atomic E-state index is 0.787. The number of rotatable bonds is 4. The first-order valence-electron chi connectivity index (χ1n) is 5.31. The Hall–Kier alpha value is -1.56. The molecule has 0 aliphatic carbocycles. The number of aromatic nitrogens is 4. The summed E-state index contributed by atoms with van der Waals surface area (Å²) in [5.41, 5.74) is 2.00. The summed E-state index contributed by atoms with van der Waals surface area (Å²) in [6, 6.07) is 2.07. The molecule has 6 heteroatoms. The third-order valence-corrected chi connectivity index (χ3v) is 3.41. The molecule has 0 radical (unpaired) electrons. The van der Waals surface area contributed by atoms with E-state index >= 15 is 0 Å². The van der Waals surface area contributed by atoms with Crippen molar-refractivity contribution >= 4 is 17.6 Å². The standard InChI is InChI=1S/C11H15N5S/c1-8-4-11(16(3)15-8)17-7-9-5-14-10(12-2)6-13-9/h4-6H,7H2,1-3H3,(H,12,14). The van der Waals surface area contributed by atoms with Crippen LogP contribution in [0.3, 0.4) is 0 Å². The van der Waals surface area contributed by atoms with Crippen molar-refractivity contribution < 1.29 is 0 Å². The van der Waals surface area contributed by atoms with E-state index in [4.69, 9.17) is 0 Å². The van der Waals surface area contributed by atoms with Crippen LogP contribution in [0.1, 0.15) is 11.4 Å². The fourth-order valence-electron chi connectivity index (χ4n) is 1.43. The molecule has 0 saturated carbocycles. The molecule has 5 nitrogen and oxygen atoms in total. The van der Waals surface area contributed by atoms with Gasteiger partial charge in [-0.2, -0.15) is 5.10 Å². The van der Waals surface area contributed by atoms with Gasteiger partial charge in [0.25, 0.3) is 0 Å². The first kappa shape index (κ1) is 11.9. The summed E-state index contributed by atoms with van der Waals surface area (Å²) in [6.45, 7) is 1.99. The largest absolute Gasteiger partial charge is 0.372 e. The molecular weight excluding hydrogens is 234 g/mol. The molecule has 2 heterocycles. The van der Waals surface area contributed by atoms with Crippen LogP contribution in [0.15, 0.2) is 23.5 Å². The minimum atomic E-state index is 0.787. The van der Waals surface area contributed by atoms with Gasteiger partial charge in [0, 0.05) is 19.8 Å². The lowest BCUT2D eigenvalue weighted by Crippen LogP contribution is -1.96. The number of aryl methyl sites for hydroxylation is 2. The van der Waals surface area contributed by atoms with Crippen molar-refractivity contribution in [2.75, 3.05) is 12.4 Å². The van der Waals surface area contributed by atoms with E-state index in [1.54, 1.807) is 24.2 Å². The number of anilines is 1. The van der Waals surface area contributed by atoms with Crippen LogP contribution in [0, 0.1) is 6.92 Å². The Morgan fingerprint density at radius 1 is 1.35 bits per heavy atom. The highest BCUT2D eigenvalue weighted by atomic mass is 32.2. The zero-order valence-corrected chi connectivity index (χ0v) is 11.0. The predicted octanol–water partition coefficient (Wildman–Crippen LogP) is 1.85. The van der Waals surface area contributed by atoms with E-state index in [-0.39, 0.29) is 0 Å². The molecule has 0 saturated heterocycles. The Bertz CT molecular complexity index is 491. The monoisotopic (exact) mass is 249 g/mol. The van der Waals surface area contributed by atoms with Crippen LogP contribution in [0.2, 0.25) is 0 Å². The summed E-state index contributed by atoms with van der Waals surface area (Å²) in [6.07, 6.45) is 3.53. The van der Waals surface area contributed by atoms with Crippen molar-refractivity contribution in [3.05, 3.63) is 29.8 Å². The van der Waals surface area contributed by atoms with Crippen LogP contribution in [-0.2, 0) is 12.8 Å². The first-order valence-corrected chi connectivity index (χ1v) is 6.29. The van der Waals surface area contributed by atoms with Crippen LogP contribution < -0.4 is 5.32 Å². The van der Waals surface area contributed by atoms with E-state index in [1.165, 1.54) is 0 Å². The van der Waals surface area contributed by atoms with Crippen LogP contribution >= 0.6 is 11.8 Å². The van der Waals surface area contributed by atoms with Crippen molar-refractivity contribution in [1.82, 2.24) is 19.7 Å². The van der Waals surface area contributed by atoms with Gasteiger partial charge in [0.1, 0.15) is 5.82 Å². The van der Waals surface area contributed by atoms with Crippen LogP contribution in [0.5, 0.6) is 0 Å². The molecule has 17 heavy (non-hydrogen) atoms. The topological polar surface area (TPSA) is 55.6 Å². The van der Waals surface area contributed by atoms with E-state index in [1.807, 2.05) is 25.7 Å². The summed E-state index contributed by atoms with van der Waals surface area (Å²) in [5, 5.41) is 8.39. The molecule has 90 valence electrons. The Morgan fingerprint density at radius 3 is 2.71 bits per heavy atom. The molecule has 0 amide bonds. The molecule has 0 aromatic carbocycles. The average Bonchev–Trinajstić information content (AvgIpc) is 2.66. The molecule has 0 bridgehead atoms. The van der Waals surface area contributed by atoms with Crippen molar-refractivity contribution in [1.29, 1.82) is 0 Å². The van der Waals surface area contributed by atoms with Crippen molar-refractivity contribution in [2.24, 2.45) is 7.05 Å². The second-order valence-electron chi connectivity index (χ2n) is 3.68. The smallest absolute Gasteiger partial charge is 0.144 e. The first-order chi connectivity index (χ1) is 8.19. The minimum Gasteiger partial charge on any atom is -0.372 e. The maximum absolute atomic E-state index is 4.33. The SMILES string of the molecule is CNc1cnc(CSc2cc(C)nn2C)cn1. The van der Waals surface area contributed by atoms with Crippen LogP contribution in [0.4, 0.5) is 5.82 Å². The third kappa shape index (κ3) is 2.97. The van der Waals surface area contributed by atoms with Crippen LogP contribution in [0.25, 0.3) is 0 Å². The summed E-state index contributed by atoms with van der Waals surface area (Å²) in [5.74, 6) is 1.59. The maximum atomic E-state index is 4.33. The van der Waals surface area contributed by atoms with Gasteiger partial charge in [0.15, 0.2) is 0 Å². The highest BCUT2D eigenvalue weighted by Gasteiger charge is 2.04. The summed E-state index contributed by atoms with van der Waals surface area (Å²) < 4.78 is 1.88. The summed E-state index contributed by atoms with van der Waals surface area (Å²) in [4.78, 5) is 8.55. The van der Waals surface area contributed by atoms with Gasteiger partial charge in [-0.05, 0) is 13.0 Å². The second-order valence-corrected chi connectivity index (χ2v) is 4.67. The molecule has 0 atom stereocenters. The molecule has 0 fully saturated rings. The zero-order valence-electron chi connectivity index (χ0n) is 10.1. The van der Waals surface area contributed by atoms with Crippen molar-refractivity contribution in [3.63, 3.8) is 0 Å². The lowest BCUT2D eigenvalue weighted by Gasteiger charge is -2.02. The number of hydrogen-bond acceptors (Lipinski definition) is 5. The van der Waals surface area contributed by atoms with Gasteiger partial charge >= 0.3 is 0 Å². The molecule has 2 aromatic rings. The number of thioether (sulfide) groups is 1. The molecule has 2 rings (SSSR count). The maximum Gasteiger partial charge on any atom is 0.144 e. The Kier molecular flexibility index (Phi) is 3.63. The van der Waals surface area contributed by atoms with Crippen molar-refractivity contribution in [3.8, 4) is 0 Å². The second kappa shape index (κ2) is 5.18. The molecule has 0 spiro atoms. The van der Waals surface area contributed by atoms with E-state index in [0.717, 1.165) is 28.0 Å². The van der Waals surface area contributed by atoms with Gasteiger partial charge in [-0.1, -0.05) is 0 Å². The van der Waals surface area contributed by atoms with Gasteiger partial charge in [-0.3, -0.25) is 9.67 Å². The lowest BCUT2D eigenvalue weighted by molar-refractivity contribution is 0.692. The number of nitrogens with zero attached hydrogens (tertiary/aromatic N) is 4. The zero-order chi connectivity index (χ0) is 12.3. The van der Waals surface area contributed by atoms with Gasteiger partial charge in [0.05, 0.1) is 28.8 Å². The van der Waals surface area contributed by atoms with E-state index in [0.29, 0.717) is 0 Å². The van der Waals surface area contributed by atoms with E-state index in [9.17, 15) is 0 Å². The molecule has 1 N–H and O–H groups in total. The summed E-state index contributed by atoms with van der Waals surface area (Å²) in [7, 11) is 3.78. The lowest BCUT2D eigenvalue weighted by atomic mass is 10.5. The highest BCUT2D eigenvalue weighted by Crippen LogP contribution is 2.21. The average molecular weight is 249 g/mol.